The summed E-state index contributed by atoms with van der Waals surface area (Å²) in [5, 5.41) is 0.701. The third kappa shape index (κ3) is 3.94. The van der Waals surface area contributed by atoms with Gasteiger partial charge in [0.05, 0.1) is 5.75 Å². The first-order valence-electron chi connectivity index (χ1n) is 6.07. The minimum atomic E-state index is -3.77. The largest absolute Gasteiger partial charge is 0.224 e. The van der Waals surface area contributed by atoms with Crippen molar-refractivity contribution in [3.05, 3.63) is 76.2 Å². The summed E-state index contributed by atoms with van der Waals surface area (Å²) >= 11 is 0. The minimum Gasteiger partial charge on any atom is -0.224 e. The monoisotopic (exact) mass is 330 g/mol. The normalized spacial score (nSPS) is 12.0. The molecule has 0 radical (unpaired) electrons. The van der Waals surface area contributed by atoms with E-state index in [-0.39, 0.29) is 5.56 Å². The second-order valence-electron chi connectivity index (χ2n) is 4.50. The summed E-state index contributed by atoms with van der Waals surface area (Å²) in [5.41, 5.74) is -0.0432. The van der Waals surface area contributed by atoms with Crippen LogP contribution in [0.4, 0.5) is 17.6 Å². The Morgan fingerprint density at radius 2 is 1.50 bits per heavy atom. The van der Waals surface area contributed by atoms with E-state index in [9.17, 15) is 26.0 Å². The lowest BCUT2D eigenvalue weighted by Gasteiger charge is -2.01. The number of sulfone groups is 1. The molecule has 0 unspecified atom stereocenters. The van der Waals surface area contributed by atoms with Gasteiger partial charge in [0.25, 0.3) is 0 Å². The van der Waals surface area contributed by atoms with Crippen molar-refractivity contribution in [2.75, 3.05) is 0 Å². The lowest BCUT2D eigenvalue weighted by molar-refractivity contribution is 0.446. The molecule has 0 fully saturated rings. The van der Waals surface area contributed by atoms with Gasteiger partial charge in [0.15, 0.2) is 27.3 Å². The molecule has 2 aromatic carbocycles. The summed E-state index contributed by atoms with van der Waals surface area (Å²) in [6.07, 6.45) is 0.844. The first-order chi connectivity index (χ1) is 10.3. The van der Waals surface area contributed by atoms with E-state index in [1.165, 1.54) is 12.1 Å². The molecule has 0 aromatic heterocycles. The molecule has 2 rings (SSSR count). The number of halogens is 4. The molecular weight excluding hydrogens is 320 g/mol. The summed E-state index contributed by atoms with van der Waals surface area (Å²) in [5.74, 6) is -5.41. The molecule has 0 amide bonds. The van der Waals surface area contributed by atoms with Gasteiger partial charge in [-0.15, -0.1) is 0 Å². The summed E-state index contributed by atoms with van der Waals surface area (Å²) in [7, 11) is -3.77. The Bertz CT molecular complexity index is 812. The van der Waals surface area contributed by atoms with E-state index in [0.717, 1.165) is 24.3 Å². The second kappa shape index (κ2) is 6.31. The number of rotatable bonds is 4. The molecule has 2 nitrogen and oxygen atoms in total. The molecule has 0 atom stereocenters. The molecule has 0 spiro atoms. The van der Waals surface area contributed by atoms with Crippen LogP contribution >= 0.6 is 0 Å². The van der Waals surface area contributed by atoms with Gasteiger partial charge in [0.2, 0.25) is 0 Å². The van der Waals surface area contributed by atoms with Gasteiger partial charge in [-0.2, -0.15) is 0 Å². The van der Waals surface area contributed by atoms with Crippen LogP contribution in [0.15, 0.2) is 41.8 Å². The van der Waals surface area contributed by atoms with Gasteiger partial charge < -0.3 is 0 Å². The molecule has 7 heteroatoms. The van der Waals surface area contributed by atoms with Gasteiger partial charge in [0, 0.05) is 11.0 Å². The van der Waals surface area contributed by atoms with Crippen molar-refractivity contribution in [3.63, 3.8) is 0 Å². The van der Waals surface area contributed by atoms with Crippen molar-refractivity contribution in [3.8, 4) is 0 Å². The Balaban J connectivity index is 2.21. The topological polar surface area (TPSA) is 34.1 Å². The smallest absolute Gasteiger partial charge is 0.195 e. The van der Waals surface area contributed by atoms with E-state index < -0.39 is 38.9 Å². The van der Waals surface area contributed by atoms with Crippen LogP contribution in [0.3, 0.4) is 0 Å². The van der Waals surface area contributed by atoms with Crippen molar-refractivity contribution < 1.29 is 26.0 Å². The Morgan fingerprint density at radius 1 is 0.864 bits per heavy atom. The van der Waals surface area contributed by atoms with Crippen LogP contribution in [0.5, 0.6) is 0 Å². The third-order valence-corrected chi connectivity index (χ3v) is 4.09. The average Bonchev–Trinajstić information content (AvgIpc) is 2.46. The van der Waals surface area contributed by atoms with Crippen LogP contribution < -0.4 is 0 Å². The molecule has 116 valence electrons. The fourth-order valence-electron chi connectivity index (χ4n) is 1.71. The highest BCUT2D eigenvalue weighted by Crippen LogP contribution is 2.17. The zero-order valence-electron chi connectivity index (χ0n) is 11.1. The van der Waals surface area contributed by atoms with Crippen LogP contribution in [-0.4, -0.2) is 8.42 Å². The quantitative estimate of drug-likeness (QED) is 0.631. The van der Waals surface area contributed by atoms with Gasteiger partial charge in [-0.1, -0.05) is 12.1 Å². The average molecular weight is 330 g/mol. The maximum absolute atomic E-state index is 13.4. The zero-order valence-corrected chi connectivity index (χ0v) is 11.9. The molecule has 0 saturated heterocycles. The predicted octanol–water partition coefficient (Wildman–Crippen LogP) is 3.83. The molecular formula is C15H10F4O2S. The summed E-state index contributed by atoms with van der Waals surface area (Å²) in [6.45, 7) is 0. The highest BCUT2D eigenvalue weighted by molar-refractivity contribution is 7.93. The molecule has 0 bridgehead atoms. The lowest BCUT2D eigenvalue weighted by Crippen LogP contribution is -2.00. The molecule has 0 saturated carbocycles. The van der Waals surface area contributed by atoms with Gasteiger partial charge in [-0.25, -0.2) is 26.0 Å². The Hall–Kier alpha value is -2.15. The van der Waals surface area contributed by atoms with E-state index in [1.807, 2.05) is 0 Å². The molecule has 0 heterocycles. The van der Waals surface area contributed by atoms with Crippen molar-refractivity contribution in [2.24, 2.45) is 0 Å². The highest BCUT2D eigenvalue weighted by atomic mass is 32.2. The van der Waals surface area contributed by atoms with E-state index in [2.05, 4.69) is 0 Å². The molecule has 0 aliphatic rings. The first-order valence-corrected chi connectivity index (χ1v) is 7.79. The standard InChI is InChI=1S/C15H10F4O2S/c16-12-4-1-10(2-5-12)9-22(20,21)8-7-11-3-6-13(17)15(19)14(11)18/h1-8H,9H2. The van der Waals surface area contributed by atoms with Gasteiger partial charge in [-0.05, 0) is 35.9 Å². The molecule has 0 aliphatic heterocycles. The van der Waals surface area contributed by atoms with E-state index in [1.54, 1.807) is 0 Å². The van der Waals surface area contributed by atoms with Crippen molar-refractivity contribution in [1.82, 2.24) is 0 Å². The lowest BCUT2D eigenvalue weighted by atomic mass is 10.2. The van der Waals surface area contributed by atoms with Gasteiger partial charge in [-0.3, -0.25) is 0 Å². The van der Waals surface area contributed by atoms with Crippen LogP contribution in [0.1, 0.15) is 11.1 Å². The van der Waals surface area contributed by atoms with E-state index in [0.29, 0.717) is 17.0 Å². The SMILES string of the molecule is O=S(=O)(C=Cc1ccc(F)c(F)c1F)Cc1ccc(F)cc1. The van der Waals surface area contributed by atoms with Gasteiger partial charge >= 0.3 is 0 Å². The molecule has 22 heavy (non-hydrogen) atoms. The summed E-state index contributed by atoms with van der Waals surface area (Å²) < 4.78 is 75.6. The Labute approximate surface area is 124 Å². The number of hydrogen-bond donors (Lipinski definition) is 0. The Morgan fingerprint density at radius 3 is 2.14 bits per heavy atom. The summed E-state index contributed by atoms with van der Waals surface area (Å²) in [4.78, 5) is 0. The zero-order chi connectivity index (χ0) is 16.3. The number of hydrogen-bond acceptors (Lipinski definition) is 2. The van der Waals surface area contributed by atoms with Crippen LogP contribution in [0, 0.1) is 23.3 Å². The van der Waals surface area contributed by atoms with Crippen LogP contribution in [-0.2, 0) is 15.6 Å². The minimum absolute atomic E-state index is 0.344. The van der Waals surface area contributed by atoms with E-state index in [4.69, 9.17) is 0 Å². The first kappa shape index (κ1) is 16.2. The fraction of sp³-hybridized carbons (Fsp3) is 0.0667. The van der Waals surface area contributed by atoms with Gasteiger partial charge in [0.1, 0.15) is 5.82 Å². The second-order valence-corrected chi connectivity index (χ2v) is 6.39. The fourth-order valence-corrected chi connectivity index (χ4v) is 2.81. The van der Waals surface area contributed by atoms with Crippen LogP contribution in [0.2, 0.25) is 0 Å². The summed E-state index contributed by atoms with van der Waals surface area (Å²) in [6, 6.07) is 6.47. The van der Waals surface area contributed by atoms with Crippen molar-refractivity contribution >= 4 is 15.9 Å². The predicted molar refractivity (Wildman–Crippen MR) is 74.4 cm³/mol. The molecule has 0 N–H and O–H groups in total. The maximum Gasteiger partial charge on any atom is 0.195 e. The van der Waals surface area contributed by atoms with Crippen LogP contribution in [0.25, 0.3) is 6.08 Å². The van der Waals surface area contributed by atoms with Crippen molar-refractivity contribution in [1.29, 1.82) is 0 Å². The maximum atomic E-state index is 13.4. The Kier molecular flexibility index (Phi) is 4.65. The molecule has 2 aromatic rings. The third-order valence-electron chi connectivity index (χ3n) is 2.80. The molecule has 0 aliphatic carbocycles. The number of benzene rings is 2. The van der Waals surface area contributed by atoms with E-state index >= 15 is 0 Å². The highest BCUT2D eigenvalue weighted by Gasteiger charge is 2.13. The van der Waals surface area contributed by atoms with Crippen molar-refractivity contribution in [2.45, 2.75) is 5.75 Å².